The summed E-state index contributed by atoms with van der Waals surface area (Å²) in [6.45, 7) is 4.00. The van der Waals surface area contributed by atoms with Crippen molar-refractivity contribution in [1.29, 1.82) is 0 Å². The van der Waals surface area contributed by atoms with E-state index in [0.29, 0.717) is 11.5 Å². The topological polar surface area (TPSA) is 145 Å². The lowest BCUT2D eigenvalue weighted by Crippen LogP contribution is -2.54. The predicted octanol–water partition coefficient (Wildman–Crippen LogP) is -0.817. The summed E-state index contributed by atoms with van der Waals surface area (Å²) in [5.41, 5.74) is 4.60. The fraction of sp³-hybridized carbons (Fsp3) is 0.769. The molecular weight excluding hydrogens is 356 g/mol. The van der Waals surface area contributed by atoms with E-state index in [9.17, 15) is 22.8 Å². The van der Waals surface area contributed by atoms with Crippen molar-refractivity contribution in [1.82, 2.24) is 20.8 Å². The maximum atomic E-state index is 12.3. The van der Waals surface area contributed by atoms with Crippen molar-refractivity contribution >= 4 is 28.2 Å². The fourth-order valence-corrected chi connectivity index (χ4v) is 3.70. The SMILES string of the molecule is CC1(C)CC1C(=O)NNC(=O)[C@H]1CC[C@H]2CN1C(=O)N2OS(=O)(=O)O. The zero-order valence-corrected chi connectivity index (χ0v) is 14.6. The summed E-state index contributed by atoms with van der Waals surface area (Å²) in [5, 5.41) is 0.563. The molecule has 2 aliphatic heterocycles. The molecule has 0 aromatic carbocycles. The molecule has 0 radical (unpaired) electrons. The Bertz CT molecular complexity index is 722. The van der Waals surface area contributed by atoms with Crippen molar-refractivity contribution < 1.29 is 31.6 Å². The van der Waals surface area contributed by atoms with Gasteiger partial charge in [0, 0.05) is 12.5 Å². The van der Waals surface area contributed by atoms with Crippen LogP contribution in [0.5, 0.6) is 0 Å². The Balaban J connectivity index is 1.58. The number of hydrazine groups is 1. The highest BCUT2D eigenvalue weighted by Gasteiger charge is 2.51. The number of hydrogen-bond acceptors (Lipinski definition) is 6. The van der Waals surface area contributed by atoms with E-state index >= 15 is 0 Å². The number of amides is 4. The van der Waals surface area contributed by atoms with Crippen LogP contribution in [0, 0.1) is 11.3 Å². The van der Waals surface area contributed by atoms with Gasteiger partial charge in [-0.25, -0.2) is 4.79 Å². The molecule has 3 fully saturated rings. The molecule has 3 N–H and O–H groups in total. The number of hydroxylamine groups is 2. The fourth-order valence-electron chi connectivity index (χ4n) is 3.31. The number of nitrogens with one attached hydrogen (secondary N) is 2. The highest BCUT2D eigenvalue weighted by molar-refractivity contribution is 7.80. The second kappa shape index (κ2) is 5.81. The maximum absolute atomic E-state index is 12.3. The quantitative estimate of drug-likeness (QED) is 0.429. The lowest BCUT2D eigenvalue weighted by atomic mass is 10.0. The van der Waals surface area contributed by atoms with Crippen LogP contribution < -0.4 is 10.9 Å². The van der Waals surface area contributed by atoms with E-state index < -0.39 is 34.4 Å². The van der Waals surface area contributed by atoms with E-state index in [1.165, 1.54) is 0 Å². The largest absolute Gasteiger partial charge is 0.418 e. The first-order valence-corrected chi connectivity index (χ1v) is 9.23. The van der Waals surface area contributed by atoms with Gasteiger partial charge >= 0.3 is 16.4 Å². The minimum Gasteiger partial charge on any atom is -0.309 e. The van der Waals surface area contributed by atoms with Crippen LogP contribution in [0.1, 0.15) is 33.1 Å². The summed E-state index contributed by atoms with van der Waals surface area (Å²) in [5.74, 6) is -1.00. The van der Waals surface area contributed by atoms with Crippen molar-refractivity contribution in [3.8, 4) is 0 Å². The minimum atomic E-state index is -4.83. The Kier molecular flexibility index (Phi) is 4.16. The first kappa shape index (κ1) is 17.9. The monoisotopic (exact) mass is 376 g/mol. The summed E-state index contributed by atoms with van der Waals surface area (Å²) < 4.78 is 34.7. The number of piperidine rings is 1. The number of urea groups is 1. The van der Waals surface area contributed by atoms with Crippen molar-refractivity contribution in [2.75, 3.05) is 6.54 Å². The van der Waals surface area contributed by atoms with Gasteiger partial charge in [-0.3, -0.25) is 25.0 Å². The van der Waals surface area contributed by atoms with Crippen LogP contribution in [0.25, 0.3) is 0 Å². The number of nitrogens with zero attached hydrogens (tertiary/aromatic N) is 2. The molecule has 0 spiro atoms. The molecule has 3 atom stereocenters. The average molecular weight is 376 g/mol. The molecule has 25 heavy (non-hydrogen) atoms. The zero-order valence-electron chi connectivity index (χ0n) is 13.8. The Labute approximate surface area is 144 Å². The summed E-state index contributed by atoms with van der Waals surface area (Å²) in [4.78, 5) is 37.6. The van der Waals surface area contributed by atoms with Crippen LogP contribution in [0.2, 0.25) is 0 Å². The molecule has 2 saturated heterocycles. The van der Waals surface area contributed by atoms with Gasteiger partial charge in [0.25, 0.3) is 5.91 Å². The van der Waals surface area contributed by atoms with Crippen molar-refractivity contribution in [3.05, 3.63) is 0 Å². The average Bonchev–Trinajstić information content (AvgIpc) is 3.10. The van der Waals surface area contributed by atoms with Gasteiger partial charge in [-0.1, -0.05) is 13.8 Å². The molecular formula is C13H20N4O7S. The predicted molar refractivity (Wildman–Crippen MR) is 81.6 cm³/mol. The number of hydrogen-bond donors (Lipinski definition) is 3. The Morgan fingerprint density at radius 3 is 2.40 bits per heavy atom. The second-order valence-electron chi connectivity index (χ2n) is 7.23. The van der Waals surface area contributed by atoms with E-state index in [1.807, 2.05) is 13.8 Å². The van der Waals surface area contributed by atoms with Crippen molar-refractivity contribution in [2.24, 2.45) is 11.3 Å². The van der Waals surface area contributed by atoms with Crippen LogP contribution in [0.15, 0.2) is 0 Å². The van der Waals surface area contributed by atoms with Crippen LogP contribution in [-0.2, 0) is 24.3 Å². The van der Waals surface area contributed by atoms with Crippen molar-refractivity contribution in [2.45, 2.75) is 45.2 Å². The highest BCUT2D eigenvalue weighted by Crippen LogP contribution is 2.51. The van der Waals surface area contributed by atoms with E-state index in [2.05, 4.69) is 15.1 Å². The molecule has 0 aromatic rings. The van der Waals surface area contributed by atoms with Gasteiger partial charge in [-0.05, 0) is 24.7 Å². The van der Waals surface area contributed by atoms with Gasteiger partial charge in [0.2, 0.25) is 5.91 Å². The second-order valence-corrected chi connectivity index (χ2v) is 8.24. The molecule has 3 aliphatic rings. The Morgan fingerprint density at radius 1 is 1.24 bits per heavy atom. The number of fused-ring (bicyclic) bond motifs is 2. The molecule has 0 aromatic heterocycles. The molecule has 12 heteroatoms. The van der Waals surface area contributed by atoms with Crippen LogP contribution in [0.4, 0.5) is 4.79 Å². The Hall–Kier alpha value is -1.92. The highest BCUT2D eigenvalue weighted by atomic mass is 32.3. The molecule has 1 aliphatic carbocycles. The lowest BCUT2D eigenvalue weighted by Gasteiger charge is -2.29. The molecule has 2 heterocycles. The van der Waals surface area contributed by atoms with Crippen LogP contribution in [0.3, 0.4) is 0 Å². The first-order chi connectivity index (χ1) is 11.5. The van der Waals surface area contributed by atoms with E-state index in [1.54, 1.807) is 0 Å². The summed E-state index contributed by atoms with van der Waals surface area (Å²) in [6.07, 6.45) is 1.34. The van der Waals surface area contributed by atoms with Gasteiger partial charge < -0.3 is 4.90 Å². The molecule has 1 saturated carbocycles. The van der Waals surface area contributed by atoms with Crippen LogP contribution >= 0.6 is 0 Å². The van der Waals surface area contributed by atoms with Gasteiger partial charge in [0.1, 0.15) is 6.04 Å². The van der Waals surface area contributed by atoms with E-state index in [-0.39, 0.29) is 30.2 Å². The third kappa shape index (κ3) is 3.55. The number of carbonyl (C=O) groups excluding carboxylic acids is 3. The molecule has 3 rings (SSSR count). The normalized spacial score (nSPS) is 30.2. The summed E-state index contributed by atoms with van der Waals surface area (Å²) in [6, 6.07) is -2.25. The zero-order chi connectivity index (χ0) is 18.6. The van der Waals surface area contributed by atoms with Gasteiger partial charge in [-0.2, -0.15) is 13.5 Å². The van der Waals surface area contributed by atoms with E-state index in [4.69, 9.17) is 4.55 Å². The first-order valence-electron chi connectivity index (χ1n) is 7.86. The summed E-state index contributed by atoms with van der Waals surface area (Å²) in [7, 11) is -4.83. The molecule has 2 bridgehead atoms. The third-order valence-electron chi connectivity index (χ3n) is 4.94. The van der Waals surface area contributed by atoms with Crippen LogP contribution in [-0.4, -0.2) is 59.4 Å². The number of carbonyl (C=O) groups is 3. The smallest absolute Gasteiger partial charge is 0.309 e. The van der Waals surface area contributed by atoms with E-state index in [0.717, 1.165) is 11.3 Å². The molecule has 4 amide bonds. The molecule has 140 valence electrons. The van der Waals surface area contributed by atoms with Gasteiger partial charge in [0.15, 0.2) is 0 Å². The minimum absolute atomic E-state index is 0.0780. The van der Waals surface area contributed by atoms with Gasteiger partial charge in [0.05, 0.1) is 6.04 Å². The summed E-state index contributed by atoms with van der Waals surface area (Å²) >= 11 is 0. The standard InChI is InChI=1S/C13H20N4O7S/c1-13(2)5-8(13)10(18)14-15-11(19)9-4-3-7-6-16(9)12(20)17(7)24-25(21,22)23/h7-9H,3-6H2,1-2H3,(H,14,18)(H,15,19)(H,21,22,23)/t7-,8?,9+/m0/s1. The number of rotatable bonds is 4. The lowest BCUT2D eigenvalue weighted by molar-refractivity contribution is -0.132. The molecule has 11 nitrogen and oxygen atoms in total. The van der Waals surface area contributed by atoms with Crippen molar-refractivity contribution in [3.63, 3.8) is 0 Å². The maximum Gasteiger partial charge on any atom is 0.418 e. The van der Waals surface area contributed by atoms with Gasteiger partial charge in [-0.15, -0.1) is 4.28 Å². The molecule has 1 unspecified atom stereocenters. The third-order valence-corrected chi connectivity index (χ3v) is 5.29. The Morgan fingerprint density at radius 2 is 1.84 bits per heavy atom.